The van der Waals surface area contributed by atoms with Crippen LogP contribution in [0.2, 0.25) is 0 Å². The number of halogens is 1. The predicted molar refractivity (Wildman–Crippen MR) is 115 cm³/mol. The SMILES string of the molecule is CN=C(NCc1ccc(OC)c(OC)c1)NCC1CN2CCN1CC2.I. The second kappa shape index (κ2) is 10.2. The summed E-state index contributed by atoms with van der Waals surface area (Å²) in [5.74, 6) is 2.31. The first-order valence-electron chi connectivity index (χ1n) is 8.85. The maximum Gasteiger partial charge on any atom is 0.191 e. The third-order valence-corrected chi connectivity index (χ3v) is 5.03. The number of nitrogens with zero attached hydrogens (tertiary/aromatic N) is 3. The number of ether oxygens (including phenoxy) is 2. The van der Waals surface area contributed by atoms with E-state index in [4.69, 9.17) is 9.47 Å². The van der Waals surface area contributed by atoms with Crippen molar-refractivity contribution in [2.24, 2.45) is 4.99 Å². The first kappa shape index (κ1) is 21.0. The summed E-state index contributed by atoms with van der Waals surface area (Å²) < 4.78 is 10.6. The first-order chi connectivity index (χ1) is 12.2. The highest BCUT2D eigenvalue weighted by Gasteiger charge is 2.31. The summed E-state index contributed by atoms with van der Waals surface area (Å²) >= 11 is 0. The number of guanidine groups is 1. The smallest absolute Gasteiger partial charge is 0.191 e. The minimum Gasteiger partial charge on any atom is -0.493 e. The zero-order chi connectivity index (χ0) is 17.6. The van der Waals surface area contributed by atoms with Gasteiger partial charge in [0.15, 0.2) is 17.5 Å². The molecule has 26 heavy (non-hydrogen) atoms. The molecule has 3 fully saturated rings. The highest BCUT2D eigenvalue weighted by Crippen LogP contribution is 2.27. The fourth-order valence-electron chi connectivity index (χ4n) is 3.53. The molecule has 1 aromatic rings. The van der Waals surface area contributed by atoms with Gasteiger partial charge >= 0.3 is 0 Å². The topological polar surface area (TPSA) is 61.4 Å². The van der Waals surface area contributed by atoms with Crippen molar-refractivity contribution in [1.29, 1.82) is 0 Å². The lowest BCUT2D eigenvalue weighted by atomic mass is 10.1. The summed E-state index contributed by atoms with van der Waals surface area (Å²) in [6, 6.07) is 6.51. The van der Waals surface area contributed by atoms with E-state index in [0.717, 1.165) is 36.1 Å². The lowest BCUT2D eigenvalue weighted by Gasteiger charge is -2.47. The van der Waals surface area contributed by atoms with Crippen molar-refractivity contribution in [1.82, 2.24) is 20.4 Å². The van der Waals surface area contributed by atoms with E-state index in [1.54, 1.807) is 21.3 Å². The second-order valence-corrected chi connectivity index (χ2v) is 6.49. The standard InChI is InChI=1S/C18H29N5O2.HI/c1-19-18(21-12-15-13-22-6-8-23(15)9-7-22)20-11-14-4-5-16(24-2)17(10-14)25-3;/h4-5,10,15H,6-9,11-13H2,1-3H3,(H2,19,20,21);1H. The zero-order valence-electron chi connectivity index (χ0n) is 15.8. The summed E-state index contributed by atoms with van der Waals surface area (Å²) in [5.41, 5.74) is 1.12. The van der Waals surface area contributed by atoms with Gasteiger partial charge in [0.05, 0.1) is 14.2 Å². The number of nitrogens with one attached hydrogen (secondary N) is 2. The molecule has 0 aliphatic carbocycles. The second-order valence-electron chi connectivity index (χ2n) is 6.49. The maximum atomic E-state index is 5.36. The van der Waals surface area contributed by atoms with Gasteiger partial charge in [-0.25, -0.2) is 0 Å². The summed E-state index contributed by atoms with van der Waals surface area (Å²) in [6.07, 6.45) is 0. The summed E-state index contributed by atoms with van der Waals surface area (Å²) in [7, 11) is 5.10. The quantitative estimate of drug-likeness (QED) is 0.364. The van der Waals surface area contributed by atoms with E-state index in [1.165, 1.54) is 26.2 Å². The van der Waals surface area contributed by atoms with Crippen molar-refractivity contribution in [3.63, 3.8) is 0 Å². The molecule has 0 spiro atoms. The normalized spacial score (nSPS) is 24.6. The molecule has 0 saturated carbocycles. The van der Waals surface area contributed by atoms with Crippen LogP contribution >= 0.6 is 24.0 Å². The summed E-state index contributed by atoms with van der Waals surface area (Å²) in [6.45, 7) is 7.54. The molecule has 0 aromatic heterocycles. The number of hydrogen-bond acceptors (Lipinski definition) is 5. The van der Waals surface area contributed by atoms with Crippen LogP contribution in [0.3, 0.4) is 0 Å². The molecule has 3 saturated heterocycles. The number of methoxy groups -OCH3 is 2. The zero-order valence-corrected chi connectivity index (χ0v) is 18.2. The fraction of sp³-hybridized carbons (Fsp3) is 0.611. The molecular formula is C18H30IN5O2. The van der Waals surface area contributed by atoms with E-state index in [0.29, 0.717) is 12.6 Å². The summed E-state index contributed by atoms with van der Waals surface area (Å²) in [4.78, 5) is 9.46. The third kappa shape index (κ3) is 5.14. The van der Waals surface area contributed by atoms with Crippen molar-refractivity contribution >= 4 is 29.9 Å². The van der Waals surface area contributed by atoms with Crippen molar-refractivity contribution in [3.8, 4) is 11.5 Å². The highest BCUT2D eigenvalue weighted by atomic mass is 127. The van der Waals surface area contributed by atoms with Crippen LogP contribution in [0.25, 0.3) is 0 Å². The number of piperazine rings is 3. The Hall–Kier alpha value is -1.26. The lowest BCUT2D eigenvalue weighted by Crippen LogP contribution is -2.63. The van der Waals surface area contributed by atoms with Gasteiger partial charge in [0.25, 0.3) is 0 Å². The molecule has 2 N–H and O–H groups in total. The summed E-state index contributed by atoms with van der Waals surface area (Å²) in [5, 5.41) is 6.83. The van der Waals surface area contributed by atoms with Gasteiger partial charge in [-0.05, 0) is 17.7 Å². The third-order valence-electron chi connectivity index (χ3n) is 5.03. The Bertz CT molecular complexity index is 605. The van der Waals surface area contributed by atoms with Gasteiger partial charge in [-0.15, -0.1) is 24.0 Å². The van der Waals surface area contributed by atoms with Gasteiger partial charge in [0.2, 0.25) is 0 Å². The van der Waals surface area contributed by atoms with Crippen molar-refractivity contribution < 1.29 is 9.47 Å². The van der Waals surface area contributed by atoms with Crippen LogP contribution in [-0.4, -0.2) is 82.3 Å². The molecule has 4 rings (SSSR count). The highest BCUT2D eigenvalue weighted by molar-refractivity contribution is 14.0. The molecular weight excluding hydrogens is 445 g/mol. The van der Waals surface area contributed by atoms with Crippen molar-refractivity contribution in [2.45, 2.75) is 12.6 Å². The monoisotopic (exact) mass is 475 g/mol. The Morgan fingerprint density at radius 3 is 2.42 bits per heavy atom. The Morgan fingerprint density at radius 1 is 1.12 bits per heavy atom. The average Bonchev–Trinajstić information content (AvgIpc) is 2.68. The van der Waals surface area contributed by atoms with Gasteiger partial charge in [0.1, 0.15) is 0 Å². The maximum absolute atomic E-state index is 5.36. The largest absolute Gasteiger partial charge is 0.493 e. The predicted octanol–water partition coefficient (Wildman–Crippen LogP) is 0.987. The van der Waals surface area contributed by atoms with E-state index in [9.17, 15) is 0 Å². The molecule has 0 amide bonds. The van der Waals surface area contributed by atoms with Gasteiger partial charge in [-0.1, -0.05) is 6.07 Å². The molecule has 1 aromatic carbocycles. The van der Waals surface area contributed by atoms with Crippen LogP contribution in [0.5, 0.6) is 11.5 Å². The Kier molecular flexibility index (Phi) is 8.23. The van der Waals surface area contributed by atoms with Crippen LogP contribution in [0.1, 0.15) is 5.56 Å². The van der Waals surface area contributed by atoms with Crippen molar-refractivity contribution in [2.75, 3.05) is 60.5 Å². The Balaban J connectivity index is 0.00000243. The minimum atomic E-state index is 0. The van der Waals surface area contributed by atoms with E-state index in [1.807, 2.05) is 18.2 Å². The molecule has 8 heteroatoms. The molecule has 0 radical (unpaired) electrons. The van der Waals surface area contributed by atoms with Crippen LogP contribution in [0.4, 0.5) is 0 Å². The number of fused-ring (bicyclic) bond motifs is 3. The first-order valence-corrected chi connectivity index (χ1v) is 8.85. The molecule has 7 nitrogen and oxygen atoms in total. The minimum absolute atomic E-state index is 0. The fourth-order valence-corrected chi connectivity index (χ4v) is 3.53. The molecule has 1 unspecified atom stereocenters. The van der Waals surface area contributed by atoms with Crippen LogP contribution in [-0.2, 0) is 6.54 Å². The van der Waals surface area contributed by atoms with E-state index in [-0.39, 0.29) is 24.0 Å². The van der Waals surface area contributed by atoms with E-state index >= 15 is 0 Å². The molecule has 146 valence electrons. The van der Waals surface area contributed by atoms with Gasteiger partial charge in [-0.2, -0.15) is 0 Å². The molecule has 3 heterocycles. The average molecular weight is 475 g/mol. The van der Waals surface area contributed by atoms with Gasteiger partial charge in [0, 0.05) is 58.9 Å². The molecule has 3 aliphatic rings. The van der Waals surface area contributed by atoms with E-state index in [2.05, 4.69) is 25.4 Å². The Labute approximate surface area is 173 Å². The van der Waals surface area contributed by atoms with E-state index < -0.39 is 0 Å². The molecule has 1 atom stereocenters. The number of aliphatic imine (C=N–C) groups is 1. The van der Waals surface area contributed by atoms with Crippen molar-refractivity contribution in [3.05, 3.63) is 23.8 Å². The molecule has 3 aliphatic heterocycles. The van der Waals surface area contributed by atoms with Crippen LogP contribution in [0.15, 0.2) is 23.2 Å². The lowest BCUT2D eigenvalue weighted by molar-refractivity contribution is 0.0154. The number of benzene rings is 1. The van der Waals surface area contributed by atoms with Gasteiger partial charge < -0.3 is 20.1 Å². The Morgan fingerprint density at radius 2 is 1.85 bits per heavy atom. The van der Waals surface area contributed by atoms with Crippen LogP contribution < -0.4 is 20.1 Å². The molecule has 2 bridgehead atoms. The number of hydrogen-bond donors (Lipinski definition) is 2. The van der Waals surface area contributed by atoms with Crippen LogP contribution in [0, 0.1) is 0 Å². The number of rotatable bonds is 6. The van der Waals surface area contributed by atoms with Gasteiger partial charge in [-0.3, -0.25) is 14.8 Å².